The Bertz CT molecular complexity index is 579. The summed E-state index contributed by atoms with van der Waals surface area (Å²) < 4.78 is 40.0. The molecule has 1 saturated heterocycles. The van der Waals surface area contributed by atoms with Crippen LogP contribution in [-0.2, 0) is 10.0 Å². The van der Waals surface area contributed by atoms with Gasteiger partial charge in [-0.05, 0) is 48.0 Å². The number of nitrogens with zero attached hydrogens (tertiary/aromatic N) is 1. The van der Waals surface area contributed by atoms with Gasteiger partial charge in [0.2, 0.25) is 10.0 Å². The third-order valence-corrected chi connectivity index (χ3v) is 6.14. The second-order valence-corrected chi connectivity index (χ2v) is 7.52. The highest BCUT2D eigenvalue weighted by atomic mass is 79.9. The van der Waals surface area contributed by atoms with E-state index in [1.54, 1.807) is 0 Å². The van der Waals surface area contributed by atoms with Gasteiger partial charge in [-0.3, -0.25) is 0 Å². The largest absolute Gasteiger partial charge is 0.311 e. The molecule has 0 saturated carbocycles. The zero-order valence-electron chi connectivity index (χ0n) is 10.7. The number of hydrogen-bond acceptors (Lipinski definition) is 3. The maximum Gasteiger partial charge on any atom is 0.244 e. The van der Waals surface area contributed by atoms with E-state index < -0.39 is 15.8 Å². The standard InChI is InChI=1S/C12H16BrFN2O2S/c1-8-7-16(9(2)6-15-8)19(17,18)12-4-3-10(14)5-11(12)13/h3-5,8-9,15H,6-7H2,1-2H3. The maximum atomic E-state index is 13.1. The number of benzene rings is 1. The quantitative estimate of drug-likeness (QED) is 0.886. The summed E-state index contributed by atoms with van der Waals surface area (Å²) in [6, 6.07) is 3.61. The average molecular weight is 351 g/mol. The normalized spacial score (nSPS) is 25.5. The lowest BCUT2D eigenvalue weighted by molar-refractivity contribution is 0.244. The van der Waals surface area contributed by atoms with Crippen LogP contribution in [0.25, 0.3) is 0 Å². The number of piperazine rings is 1. The van der Waals surface area contributed by atoms with Crippen molar-refractivity contribution in [1.82, 2.24) is 9.62 Å². The maximum absolute atomic E-state index is 13.1. The fourth-order valence-corrected chi connectivity index (χ4v) is 4.86. The molecular formula is C12H16BrFN2O2S. The van der Waals surface area contributed by atoms with Crippen molar-refractivity contribution in [2.24, 2.45) is 0 Å². The van der Waals surface area contributed by atoms with E-state index >= 15 is 0 Å². The molecule has 19 heavy (non-hydrogen) atoms. The van der Waals surface area contributed by atoms with Gasteiger partial charge in [0.05, 0.1) is 4.90 Å². The second kappa shape index (κ2) is 5.47. The van der Waals surface area contributed by atoms with Crippen LogP contribution in [0, 0.1) is 5.82 Å². The zero-order valence-corrected chi connectivity index (χ0v) is 13.1. The third kappa shape index (κ3) is 2.99. The van der Waals surface area contributed by atoms with Crippen LogP contribution in [0.1, 0.15) is 13.8 Å². The van der Waals surface area contributed by atoms with E-state index in [0.717, 1.165) is 6.07 Å². The van der Waals surface area contributed by atoms with Crippen molar-refractivity contribution in [2.75, 3.05) is 13.1 Å². The summed E-state index contributed by atoms with van der Waals surface area (Å²) in [5.74, 6) is -0.465. The van der Waals surface area contributed by atoms with Gasteiger partial charge >= 0.3 is 0 Å². The summed E-state index contributed by atoms with van der Waals surface area (Å²) in [6.07, 6.45) is 0. The van der Waals surface area contributed by atoms with E-state index in [2.05, 4.69) is 21.2 Å². The van der Waals surface area contributed by atoms with Crippen molar-refractivity contribution in [1.29, 1.82) is 0 Å². The Labute approximate surface area is 121 Å². The fraction of sp³-hybridized carbons (Fsp3) is 0.500. The first-order chi connectivity index (χ1) is 8.82. The number of halogens is 2. The molecule has 1 aromatic carbocycles. The Kier molecular flexibility index (Phi) is 4.29. The summed E-state index contributed by atoms with van der Waals surface area (Å²) in [5.41, 5.74) is 0. The van der Waals surface area contributed by atoms with Gasteiger partial charge in [-0.15, -0.1) is 0 Å². The minimum absolute atomic E-state index is 0.102. The SMILES string of the molecule is CC1CN(S(=O)(=O)c2ccc(F)cc2Br)C(C)CN1. The highest BCUT2D eigenvalue weighted by molar-refractivity contribution is 9.10. The Balaban J connectivity index is 2.41. The molecule has 7 heteroatoms. The molecule has 2 unspecified atom stereocenters. The Morgan fingerprint density at radius 2 is 2.11 bits per heavy atom. The molecule has 1 aliphatic rings. The first kappa shape index (κ1) is 14.9. The van der Waals surface area contributed by atoms with Crippen molar-refractivity contribution >= 4 is 26.0 Å². The zero-order chi connectivity index (χ0) is 14.2. The molecule has 0 spiro atoms. The van der Waals surface area contributed by atoms with Crippen LogP contribution in [0.5, 0.6) is 0 Å². The first-order valence-corrected chi connectivity index (χ1v) is 8.26. The van der Waals surface area contributed by atoms with Gasteiger partial charge in [0, 0.05) is 29.6 Å². The molecule has 1 fully saturated rings. The van der Waals surface area contributed by atoms with E-state index in [1.165, 1.54) is 16.4 Å². The molecule has 2 rings (SSSR count). The fourth-order valence-electron chi connectivity index (χ4n) is 2.13. The van der Waals surface area contributed by atoms with E-state index in [1.807, 2.05) is 13.8 Å². The summed E-state index contributed by atoms with van der Waals surface area (Å²) >= 11 is 3.12. The van der Waals surface area contributed by atoms with Crippen molar-refractivity contribution in [3.63, 3.8) is 0 Å². The lowest BCUT2D eigenvalue weighted by Gasteiger charge is -2.36. The smallest absolute Gasteiger partial charge is 0.244 e. The number of sulfonamides is 1. The van der Waals surface area contributed by atoms with Crippen LogP contribution in [-0.4, -0.2) is 37.9 Å². The van der Waals surface area contributed by atoms with E-state index in [9.17, 15) is 12.8 Å². The molecule has 4 nitrogen and oxygen atoms in total. The Hall–Kier alpha value is -0.500. The van der Waals surface area contributed by atoms with Crippen LogP contribution in [0.15, 0.2) is 27.6 Å². The van der Waals surface area contributed by atoms with Gasteiger partial charge in [-0.2, -0.15) is 4.31 Å². The molecule has 0 bridgehead atoms. The van der Waals surface area contributed by atoms with Gasteiger partial charge in [-0.25, -0.2) is 12.8 Å². The minimum atomic E-state index is -3.61. The monoisotopic (exact) mass is 350 g/mol. The molecule has 1 heterocycles. The summed E-state index contributed by atoms with van der Waals surface area (Å²) in [4.78, 5) is 0.106. The third-order valence-electron chi connectivity index (χ3n) is 3.19. The molecular weight excluding hydrogens is 335 g/mol. The predicted octanol–water partition coefficient (Wildman–Crippen LogP) is 1.96. The van der Waals surface area contributed by atoms with Gasteiger partial charge in [-0.1, -0.05) is 0 Å². The Morgan fingerprint density at radius 1 is 1.42 bits per heavy atom. The summed E-state index contributed by atoms with van der Waals surface area (Å²) in [5, 5.41) is 3.23. The lowest BCUT2D eigenvalue weighted by Crippen LogP contribution is -2.56. The van der Waals surface area contributed by atoms with Crippen LogP contribution in [0.3, 0.4) is 0 Å². The molecule has 1 N–H and O–H groups in total. The predicted molar refractivity (Wildman–Crippen MR) is 74.9 cm³/mol. The van der Waals surface area contributed by atoms with Gasteiger partial charge in [0.1, 0.15) is 5.82 Å². The lowest BCUT2D eigenvalue weighted by atomic mass is 10.2. The molecule has 1 aliphatic heterocycles. The minimum Gasteiger partial charge on any atom is -0.311 e. The molecule has 0 radical (unpaired) electrons. The van der Waals surface area contributed by atoms with E-state index in [-0.39, 0.29) is 21.5 Å². The van der Waals surface area contributed by atoms with Crippen molar-refractivity contribution < 1.29 is 12.8 Å². The van der Waals surface area contributed by atoms with Crippen LogP contribution in [0.2, 0.25) is 0 Å². The summed E-state index contributed by atoms with van der Waals surface area (Å²) in [6.45, 7) is 4.81. The van der Waals surface area contributed by atoms with Gasteiger partial charge < -0.3 is 5.32 Å². The van der Waals surface area contributed by atoms with E-state index in [0.29, 0.717) is 13.1 Å². The topological polar surface area (TPSA) is 49.4 Å². The molecule has 0 amide bonds. The number of nitrogens with one attached hydrogen (secondary N) is 1. The van der Waals surface area contributed by atoms with Gasteiger partial charge in [0.25, 0.3) is 0 Å². The molecule has 106 valence electrons. The Morgan fingerprint density at radius 3 is 2.74 bits per heavy atom. The van der Waals surface area contributed by atoms with Crippen LogP contribution in [0.4, 0.5) is 4.39 Å². The first-order valence-electron chi connectivity index (χ1n) is 6.02. The molecule has 2 atom stereocenters. The highest BCUT2D eigenvalue weighted by Gasteiger charge is 2.34. The molecule has 0 aliphatic carbocycles. The highest BCUT2D eigenvalue weighted by Crippen LogP contribution is 2.27. The van der Waals surface area contributed by atoms with Gasteiger partial charge in [0.15, 0.2) is 0 Å². The van der Waals surface area contributed by atoms with Crippen molar-refractivity contribution in [3.05, 3.63) is 28.5 Å². The van der Waals surface area contributed by atoms with Crippen molar-refractivity contribution in [3.8, 4) is 0 Å². The van der Waals surface area contributed by atoms with Crippen molar-refractivity contribution in [2.45, 2.75) is 30.8 Å². The van der Waals surface area contributed by atoms with E-state index in [4.69, 9.17) is 0 Å². The number of hydrogen-bond donors (Lipinski definition) is 1. The molecule has 1 aromatic rings. The average Bonchev–Trinajstić information content (AvgIpc) is 2.31. The van der Waals surface area contributed by atoms with Crippen LogP contribution < -0.4 is 5.32 Å². The summed E-state index contributed by atoms with van der Waals surface area (Å²) in [7, 11) is -3.61. The molecule has 0 aromatic heterocycles. The number of rotatable bonds is 2. The second-order valence-electron chi connectivity index (χ2n) is 4.81. The van der Waals surface area contributed by atoms with Crippen LogP contribution >= 0.6 is 15.9 Å².